The second kappa shape index (κ2) is 4.51. The monoisotopic (exact) mass is 290 g/mol. The molecule has 2 rings (SSSR count). The normalized spacial score (nSPS) is 11.6. The molecule has 1 aromatic carbocycles. The molecule has 0 aliphatic carbocycles. The van der Waals surface area contributed by atoms with Crippen LogP contribution in [0, 0.1) is 5.82 Å². The number of alkyl halides is 3. The fraction of sp³-hybridized carbons (Fsp3) is 0.0909. The SMILES string of the molecule is O=c1[nH]c(=O)n(-c2ccccc2C(F)(F)F)c(O)c1F. The predicted molar refractivity (Wildman–Crippen MR) is 59.3 cm³/mol. The van der Waals surface area contributed by atoms with Gasteiger partial charge in [0.1, 0.15) is 0 Å². The second-order valence-electron chi connectivity index (χ2n) is 3.75. The van der Waals surface area contributed by atoms with Crippen LogP contribution in [0.25, 0.3) is 5.69 Å². The largest absolute Gasteiger partial charge is 0.492 e. The first-order chi connectivity index (χ1) is 9.23. The highest BCUT2D eigenvalue weighted by molar-refractivity contribution is 5.45. The molecule has 5 nitrogen and oxygen atoms in total. The molecule has 106 valence electrons. The van der Waals surface area contributed by atoms with Gasteiger partial charge < -0.3 is 5.11 Å². The highest BCUT2D eigenvalue weighted by atomic mass is 19.4. The fourth-order valence-corrected chi connectivity index (χ4v) is 1.64. The van der Waals surface area contributed by atoms with Crippen LogP contribution in [-0.2, 0) is 6.18 Å². The summed E-state index contributed by atoms with van der Waals surface area (Å²) in [6.45, 7) is 0. The Kier molecular flexibility index (Phi) is 3.12. The molecule has 0 aliphatic heterocycles. The van der Waals surface area contributed by atoms with E-state index in [0.29, 0.717) is 6.07 Å². The van der Waals surface area contributed by atoms with E-state index < -0.39 is 40.4 Å². The molecular formula is C11H6F4N2O3. The van der Waals surface area contributed by atoms with Gasteiger partial charge in [-0.15, -0.1) is 0 Å². The number of H-pyrrole nitrogens is 1. The van der Waals surface area contributed by atoms with E-state index in [1.807, 2.05) is 0 Å². The lowest BCUT2D eigenvalue weighted by Crippen LogP contribution is -2.32. The minimum atomic E-state index is -4.82. The molecule has 0 bridgehead atoms. The van der Waals surface area contributed by atoms with Crippen molar-refractivity contribution >= 4 is 0 Å². The van der Waals surface area contributed by atoms with E-state index in [-0.39, 0.29) is 4.57 Å². The lowest BCUT2D eigenvalue weighted by Gasteiger charge is -2.14. The Bertz CT molecular complexity index is 776. The van der Waals surface area contributed by atoms with Crippen molar-refractivity contribution in [2.75, 3.05) is 0 Å². The van der Waals surface area contributed by atoms with Crippen LogP contribution in [0.1, 0.15) is 5.56 Å². The first-order valence-electron chi connectivity index (χ1n) is 5.14. The second-order valence-corrected chi connectivity index (χ2v) is 3.75. The number of rotatable bonds is 1. The third-order valence-electron chi connectivity index (χ3n) is 2.48. The number of hydrogen-bond donors (Lipinski definition) is 2. The zero-order chi connectivity index (χ0) is 15.1. The van der Waals surface area contributed by atoms with Crippen LogP contribution >= 0.6 is 0 Å². The summed E-state index contributed by atoms with van der Waals surface area (Å²) in [5, 5.41) is 9.40. The highest BCUT2D eigenvalue weighted by Gasteiger charge is 2.34. The van der Waals surface area contributed by atoms with E-state index in [2.05, 4.69) is 0 Å². The summed E-state index contributed by atoms with van der Waals surface area (Å²) in [6.07, 6.45) is -4.82. The molecule has 0 aliphatic rings. The maximum absolute atomic E-state index is 13.3. The van der Waals surface area contributed by atoms with E-state index in [0.717, 1.165) is 12.1 Å². The summed E-state index contributed by atoms with van der Waals surface area (Å²) < 4.78 is 51.7. The zero-order valence-electron chi connectivity index (χ0n) is 9.53. The molecule has 1 aromatic heterocycles. The molecule has 0 saturated carbocycles. The third kappa shape index (κ3) is 2.17. The van der Waals surface area contributed by atoms with Crippen molar-refractivity contribution in [2.45, 2.75) is 6.18 Å². The predicted octanol–water partition coefficient (Wildman–Crippen LogP) is 1.39. The van der Waals surface area contributed by atoms with Crippen molar-refractivity contribution < 1.29 is 22.7 Å². The average molecular weight is 290 g/mol. The van der Waals surface area contributed by atoms with Crippen molar-refractivity contribution in [3.8, 4) is 11.6 Å². The summed E-state index contributed by atoms with van der Waals surface area (Å²) in [4.78, 5) is 23.9. The lowest BCUT2D eigenvalue weighted by molar-refractivity contribution is -0.137. The van der Waals surface area contributed by atoms with Crippen LogP contribution < -0.4 is 11.2 Å². The van der Waals surface area contributed by atoms with Crippen molar-refractivity contribution in [2.24, 2.45) is 0 Å². The van der Waals surface area contributed by atoms with Crippen LogP contribution in [-0.4, -0.2) is 14.7 Å². The van der Waals surface area contributed by atoms with Crippen LogP contribution in [0.3, 0.4) is 0 Å². The van der Waals surface area contributed by atoms with Crippen molar-refractivity contribution in [3.63, 3.8) is 0 Å². The zero-order valence-corrected chi connectivity index (χ0v) is 9.53. The van der Waals surface area contributed by atoms with Crippen LogP contribution in [0.4, 0.5) is 17.6 Å². The van der Waals surface area contributed by atoms with Crippen LogP contribution in [0.2, 0.25) is 0 Å². The number of halogens is 4. The summed E-state index contributed by atoms with van der Waals surface area (Å²) in [6, 6.07) is 3.75. The standard InChI is InChI=1S/C11H6F4N2O3/c12-7-8(18)16-10(20)17(9(7)19)6-4-2-1-3-5(6)11(13,14)15/h1-4,19H,(H,16,18,20). The van der Waals surface area contributed by atoms with Crippen molar-refractivity contribution in [1.82, 2.24) is 9.55 Å². The molecule has 0 atom stereocenters. The molecule has 0 unspecified atom stereocenters. The number of aromatic nitrogens is 2. The van der Waals surface area contributed by atoms with Crippen molar-refractivity contribution in [3.05, 3.63) is 56.5 Å². The van der Waals surface area contributed by atoms with E-state index >= 15 is 0 Å². The van der Waals surface area contributed by atoms with Gasteiger partial charge in [0.25, 0.3) is 5.56 Å². The van der Waals surface area contributed by atoms with Gasteiger partial charge in [-0.05, 0) is 12.1 Å². The Morgan fingerprint density at radius 1 is 1.15 bits per heavy atom. The molecule has 0 saturated heterocycles. The average Bonchev–Trinajstić information content (AvgIpc) is 2.35. The van der Waals surface area contributed by atoms with Gasteiger partial charge in [-0.25, -0.2) is 9.36 Å². The number of nitrogens with zero attached hydrogens (tertiary/aromatic N) is 1. The van der Waals surface area contributed by atoms with E-state index in [9.17, 15) is 32.3 Å². The Hall–Kier alpha value is -2.58. The van der Waals surface area contributed by atoms with Gasteiger partial charge >= 0.3 is 11.9 Å². The smallest absolute Gasteiger partial charge is 0.418 e. The Balaban J connectivity index is 2.87. The molecule has 0 spiro atoms. The lowest BCUT2D eigenvalue weighted by atomic mass is 10.1. The van der Waals surface area contributed by atoms with Crippen molar-refractivity contribution in [1.29, 1.82) is 0 Å². The molecule has 0 amide bonds. The molecule has 1 heterocycles. The van der Waals surface area contributed by atoms with Gasteiger partial charge in [-0.2, -0.15) is 17.6 Å². The number of hydrogen-bond acceptors (Lipinski definition) is 3. The Morgan fingerprint density at radius 3 is 2.35 bits per heavy atom. The van der Waals surface area contributed by atoms with Crippen LogP contribution in [0.5, 0.6) is 5.88 Å². The number of aromatic amines is 1. The molecular weight excluding hydrogens is 284 g/mol. The summed E-state index contributed by atoms with van der Waals surface area (Å²) in [5.41, 5.74) is -4.96. The maximum Gasteiger partial charge on any atom is 0.418 e. The number of para-hydroxylation sites is 1. The van der Waals surface area contributed by atoms with Crippen LogP contribution in [0.15, 0.2) is 33.9 Å². The number of aromatic hydroxyl groups is 1. The molecule has 2 N–H and O–H groups in total. The summed E-state index contributed by atoms with van der Waals surface area (Å²) >= 11 is 0. The first kappa shape index (κ1) is 13.8. The molecule has 0 fully saturated rings. The van der Waals surface area contributed by atoms with E-state index in [1.54, 1.807) is 0 Å². The molecule has 20 heavy (non-hydrogen) atoms. The minimum absolute atomic E-state index is 0.0412. The molecule has 0 radical (unpaired) electrons. The van der Waals surface area contributed by atoms with Gasteiger partial charge in [0.2, 0.25) is 11.7 Å². The molecule has 9 heteroatoms. The fourth-order valence-electron chi connectivity index (χ4n) is 1.64. The van der Waals surface area contributed by atoms with E-state index in [4.69, 9.17) is 0 Å². The highest BCUT2D eigenvalue weighted by Crippen LogP contribution is 2.34. The van der Waals surface area contributed by atoms with Gasteiger partial charge in [-0.3, -0.25) is 9.78 Å². The summed E-state index contributed by atoms with van der Waals surface area (Å²) in [5.74, 6) is -3.24. The first-order valence-corrected chi connectivity index (χ1v) is 5.14. The van der Waals surface area contributed by atoms with Gasteiger partial charge in [0.15, 0.2) is 0 Å². The quantitative estimate of drug-likeness (QED) is 0.779. The van der Waals surface area contributed by atoms with Gasteiger partial charge in [0, 0.05) is 0 Å². The maximum atomic E-state index is 13.3. The number of benzene rings is 1. The number of nitrogens with one attached hydrogen (secondary N) is 1. The van der Waals surface area contributed by atoms with Gasteiger partial charge in [-0.1, -0.05) is 12.1 Å². The topological polar surface area (TPSA) is 75.1 Å². The van der Waals surface area contributed by atoms with Gasteiger partial charge in [0.05, 0.1) is 11.3 Å². The summed E-state index contributed by atoms with van der Waals surface area (Å²) in [7, 11) is 0. The minimum Gasteiger partial charge on any atom is -0.492 e. The third-order valence-corrected chi connectivity index (χ3v) is 2.48. The Labute approximate surface area is 107 Å². The Morgan fingerprint density at radius 2 is 1.75 bits per heavy atom. The van der Waals surface area contributed by atoms with E-state index in [1.165, 1.54) is 11.1 Å². The molecule has 2 aromatic rings.